The minimum absolute atomic E-state index is 0.218. The maximum atomic E-state index is 12.7. The third-order valence-electron chi connectivity index (χ3n) is 1.73. The summed E-state index contributed by atoms with van der Waals surface area (Å²) in [5.41, 5.74) is 0.218. The molecule has 1 unspecified atom stereocenters. The van der Waals surface area contributed by atoms with E-state index >= 15 is 0 Å². The number of halogens is 2. The molecule has 0 bridgehead atoms. The van der Waals surface area contributed by atoms with Gasteiger partial charge in [-0.15, -0.1) is 0 Å². The smallest absolute Gasteiger partial charge is 0.187 e. The first-order valence-corrected chi connectivity index (χ1v) is 3.63. The predicted molar refractivity (Wildman–Crippen MR) is 42.1 cm³/mol. The van der Waals surface area contributed by atoms with Gasteiger partial charge < -0.3 is 5.11 Å². The van der Waals surface area contributed by atoms with Crippen LogP contribution in [-0.2, 0) is 0 Å². The molecule has 13 heavy (non-hydrogen) atoms. The van der Waals surface area contributed by atoms with Gasteiger partial charge in [0, 0.05) is 0 Å². The highest BCUT2D eigenvalue weighted by molar-refractivity contribution is 5.33. The van der Waals surface area contributed by atoms with Gasteiger partial charge in [-0.25, -0.2) is 8.78 Å². The topological polar surface area (TPSA) is 44.0 Å². The number of benzene rings is 1. The van der Waals surface area contributed by atoms with E-state index in [0.29, 0.717) is 0 Å². The Morgan fingerprint density at radius 3 is 2.23 bits per heavy atom. The Kier molecular flexibility index (Phi) is 2.47. The second kappa shape index (κ2) is 3.40. The fourth-order valence-electron chi connectivity index (χ4n) is 0.910. The summed E-state index contributed by atoms with van der Waals surface area (Å²) in [5.74, 6) is -3.69. The molecule has 0 heterocycles. The number of nitriles is 1. The molecule has 2 nitrogen and oxygen atoms in total. The minimum Gasteiger partial charge on any atom is -0.503 e. The molecular formula is C9H7F2NO. The number of hydrogen-bond donors (Lipinski definition) is 1. The Morgan fingerprint density at radius 1 is 1.38 bits per heavy atom. The van der Waals surface area contributed by atoms with E-state index in [4.69, 9.17) is 10.4 Å². The third-order valence-corrected chi connectivity index (χ3v) is 1.73. The van der Waals surface area contributed by atoms with Crippen molar-refractivity contribution in [1.29, 1.82) is 5.26 Å². The van der Waals surface area contributed by atoms with Crippen LogP contribution in [0.4, 0.5) is 8.78 Å². The van der Waals surface area contributed by atoms with Crippen molar-refractivity contribution < 1.29 is 13.9 Å². The Hall–Kier alpha value is -1.63. The standard InChI is InChI=1S/C9H7F2NO/c1-5(4-12)6-2-7(10)9(13)8(11)3-6/h2-3,5,13H,1H3. The summed E-state index contributed by atoms with van der Waals surface area (Å²) in [6, 6.07) is 3.74. The lowest BCUT2D eigenvalue weighted by atomic mass is 10.0. The van der Waals surface area contributed by atoms with E-state index in [-0.39, 0.29) is 5.56 Å². The zero-order chi connectivity index (χ0) is 10.0. The monoisotopic (exact) mass is 183 g/mol. The fraction of sp³-hybridized carbons (Fsp3) is 0.222. The van der Waals surface area contributed by atoms with Gasteiger partial charge in [0.1, 0.15) is 0 Å². The summed E-state index contributed by atoms with van der Waals surface area (Å²) in [4.78, 5) is 0. The summed E-state index contributed by atoms with van der Waals surface area (Å²) in [5, 5.41) is 17.2. The molecule has 0 aliphatic carbocycles. The van der Waals surface area contributed by atoms with Crippen LogP contribution in [-0.4, -0.2) is 5.11 Å². The van der Waals surface area contributed by atoms with Gasteiger partial charge in [-0.2, -0.15) is 5.26 Å². The number of hydrogen-bond acceptors (Lipinski definition) is 2. The lowest BCUT2D eigenvalue weighted by Gasteiger charge is -2.04. The molecule has 0 saturated carbocycles. The van der Waals surface area contributed by atoms with Gasteiger partial charge in [0.05, 0.1) is 12.0 Å². The second-order valence-corrected chi connectivity index (χ2v) is 2.68. The zero-order valence-corrected chi connectivity index (χ0v) is 6.88. The molecule has 0 aliphatic heterocycles. The Labute approximate surface area is 74.0 Å². The van der Waals surface area contributed by atoms with Gasteiger partial charge >= 0.3 is 0 Å². The molecule has 0 spiro atoms. The lowest BCUT2D eigenvalue weighted by Crippen LogP contribution is -1.93. The predicted octanol–water partition coefficient (Wildman–Crippen LogP) is 2.30. The average Bonchev–Trinajstić information content (AvgIpc) is 2.12. The van der Waals surface area contributed by atoms with E-state index in [1.807, 2.05) is 6.07 Å². The summed E-state index contributed by atoms with van der Waals surface area (Å²) in [7, 11) is 0. The summed E-state index contributed by atoms with van der Waals surface area (Å²) < 4.78 is 25.5. The first-order chi connectivity index (χ1) is 6.06. The van der Waals surface area contributed by atoms with Crippen molar-refractivity contribution in [2.45, 2.75) is 12.8 Å². The van der Waals surface area contributed by atoms with Gasteiger partial charge in [0.2, 0.25) is 0 Å². The molecule has 1 aromatic carbocycles. The van der Waals surface area contributed by atoms with Crippen LogP contribution < -0.4 is 0 Å². The van der Waals surface area contributed by atoms with Gasteiger partial charge in [-0.05, 0) is 24.6 Å². The molecule has 1 N–H and O–H groups in total. The molecule has 4 heteroatoms. The highest BCUT2D eigenvalue weighted by Gasteiger charge is 2.12. The van der Waals surface area contributed by atoms with Crippen LogP contribution in [0.3, 0.4) is 0 Å². The van der Waals surface area contributed by atoms with Gasteiger partial charge in [-0.3, -0.25) is 0 Å². The molecule has 1 atom stereocenters. The van der Waals surface area contributed by atoms with Crippen LogP contribution in [0.1, 0.15) is 18.4 Å². The number of rotatable bonds is 1. The van der Waals surface area contributed by atoms with E-state index in [1.54, 1.807) is 0 Å². The maximum absolute atomic E-state index is 12.7. The molecule has 0 radical (unpaired) electrons. The third kappa shape index (κ3) is 1.75. The van der Waals surface area contributed by atoms with Gasteiger partial charge in [0.15, 0.2) is 17.4 Å². The molecule has 0 aromatic heterocycles. The van der Waals surface area contributed by atoms with E-state index < -0.39 is 23.3 Å². The second-order valence-electron chi connectivity index (χ2n) is 2.68. The van der Waals surface area contributed by atoms with Crippen LogP contribution in [0.5, 0.6) is 5.75 Å². The fourth-order valence-corrected chi connectivity index (χ4v) is 0.910. The van der Waals surface area contributed by atoms with Crippen LogP contribution in [0.25, 0.3) is 0 Å². The molecule has 1 rings (SSSR count). The quantitative estimate of drug-likeness (QED) is 0.725. The highest BCUT2D eigenvalue weighted by atomic mass is 19.1. The van der Waals surface area contributed by atoms with E-state index in [2.05, 4.69) is 0 Å². The minimum atomic E-state index is -1.04. The van der Waals surface area contributed by atoms with E-state index in [0.717, 1.165) is 12.1 Å². The summed E-state index contributed by atoms with van der Waals surface area (Å²) in [6.45, 7) is 1.52. The SMILES string of the molecule is CC(C#N)c1cc(F)c(O)c(F)c1. The number of aromatic hydroxyl groups is 1. The van der Waals surface area contributed by atoms with Crippen molar-refractivity contribution >= 4 is 0 Å². The van der Waals surface area contributed by atoms with Crippen molar-refractivity contribution in [3.63, 3.8) is 0 Å². The summed E-state index contributed by atoms with van der Waals surface area (Å²) >= 11 is 0. The molecule has 0 aliphatic rings. The molecule has 0 fully saturated rings. The number of phenols is 1. The van der Waals surface area contributed by atoms with Gasteiger partial charge in [-0.1, -0.05) is 0 Å². The molecular weight excluding hydrogens is 176 g/mol. The average molecular weight is 183 g/mol. The number of phenolic OH excluding ortho intramolecular Hbond substituents is 1. The number of nitrogens with zero attached hydrogens (tertiary/aromatic N) is 1. The molecule has 1 aromatic rings. The Bertz CT molecular complexity index is 347. The first-order valence-electron chi connectivity index (χ1n) is 3.63. The molecule has 0 saturated heterocycles. The van der Waals surface area contributed by atoms with Crippen molar-refractivity contribution in [2.75, 3.05) is 0 Å². The van der Waals surface area contributed by atoms with Gasteiger partial charge in [0.25, 0.3) is 0 Å². The first kappa shape index (κ1) is 9.46. The van der Waals surface area contributed by atoms with Crippen molar-refractivity contribution in [2.24, 2.45) is 0 Å². The van der Waals surface area contributed by atoms with Crippen LogP contribution in [0.15, 0.2) is 12.1 Å². The van der Waals surface area contributed by atoms with Crippen molar-refractivity contribution in [3.8, 4) is 11.8 Å². The van der Waals surface area contributed by atoms with Crippen LogP contribution >= 0.6 is 0 Å². The highest BCUT2D eigenvalue weighted by Crippen LogP contribution is 2.25. The molecule has 0 amide bonds. The van der Waals surface area contributed by atoms with Crippen molar-refractivity contribution in [3.05, 3.63) is 29.3 Å². The largest absolute Gasteiger partial charge is 0.503 e. The van der Waals surface area contributed by atoms with Crippen LogP contribution in [0, 0.1) is 23.0 Å². The van der Waals surface area contributed by atoms with Crippen LogP contribution in [0.2, 0.25) is 0 Å². The lowest BCUT2D eigenvalue weighted by molar-refractivity contribution is 0.395. The summed E-state index contributed by atoms with van der Waals surface area (Å²) in [6.07, 6.45) is 0. The zero-order valence-electron chi connectivity index (χ0n) is 6.88. The normalized spacial score (nSPS) is 12.2. The molecule has 68 valence electrons. The maximum Gasteiger partial charge on any atom is 0.187 e. The van der Waals surface area contributed by atoms with Crippen molar-refractivity contribution in [1.82, 2.24) is 0 Å². The Balaban J connectivity index is 3.22. The Morgan fingerprint density at radius 2 is 1.85 bits per heavy atom. The van der Waals surface area contributed by atoms with E-state index in [1.165, 1.54) is 6.92 Å². The van der Waals surface area contributed by atoms with E-state index in [9.17, 15) is 8.78 Å².